The zero-order valence-corrected chi connectivity index (χ0v) is 15.0. The van der Waals surface area contributed by atoms with Crippen LogP contribution in [0.25, 0.3) is 0 Å². The van der Waals surface area contributed by atoms with Gasteiger partial charge in [0.05, 0.1) is 5.92 Å². The maximum atomic E-state index is 12.7. The molecule has 1 aliphatic rings. The Kier molecular flexibility index (Phi) is 4.88. The maximum absolute atomic E-state index is 12.7. The van der Waals surface area contributed by atoms with Crippen LogP contribution in [0, 0.1) is 19.8 Å². The van der Waals surface area contributed by atoms with Crippen molar-refractivity contribution in [2.75, 3.05) is 16.8 Å². The molecular weight excluding hydrogens is 312 g/mol. The number of nitrogens with zero attached hydrogens (tertiary/aromatic N) is 1. The fourth-order valence-electron chi connectivity index (χ4n) is 3.31. The number of aryl methyl sites for hydroxylation is 3. The first-order valence-corrected chi connectivity index (χ1v) is 8.76. The summed E-state index contributed by atoms with van der Waals surface area (Å²) in [5.74, 6) is -0.392. The molecule has 0 radical (unpaired) electrons. The molecule has 4 heteroatoms. The number of carbonyl (C=O) groups is 2. The summed E-state index contributed by atoms with van der Waals surface area (Å²) in [6.45, 7) is 6.50. The summed E-state index contributed by atoms with van der Waals surface area (Å²) in [5, 5.41) is 3.00. The zero-order chi connectivity index (χ0) is 18.0. The zero-order valence-electron chi connectivity index (χ0n) is 15.0. The summed E-state index contributed by atoms with van der Waals surface area (Å²) in [7, 11) is 0. The van der Waals surface area contributed by atoms with E-state index in [1.165, 1.54) is 0 Å². The average Bonchev–Trinajstić information content (AvgIpc) is 2.99. The summed E-state index contributed by atoms with van der Waals surface area (Å²) in [4.78, 5) is 26.9. The monoisotopic (exact) mass is 336 g/mol. The molecule has 2 aromatic carbocycles. The first kappa shape index (κ1) is 17.2. The third-order valence-corrected chi connectivity index (χ3v) is 4.81. The molecule has 2 amide bonds. The standard InChI is InChI=1S/C21H24N2O2/c1-4-16-7-5-6-8-18(16)22-21(25)17-12-20(24)23(13-17)19-11-14(2)9-10-15(19)3/h5-11,17H,4,12-13H2,1-3H3,(H,22,25)/t17-/m1/s1. The lowest BCUT2D eigenvalue weighted by Crippen LogP contribution is -2.28. The SMILES string of the molecule is CCc1ccccc1NC(=O)[C@@H]1CC(=O)N(c2cc(C)ccc2C)C1. The van der Waals surface area contributed by atoms with Crippen LogP contribution in [-0.2, 0) is 16.0 Å². The van der Waals surface area contributed by atoms with Crippen LogP contribution < -0.4 is 10.2 Å². The fourth-order valence-corrected chi connectivity index (χ4v) is 3.31. The van der Waals surface area contributed by atoms with Crippen molar-refractivity contribution in [3.8, 4) is 0 Å². The number of amides is 2. The Labute approximate surface area is 148 Å². The van der Waals surface area contributed by atoms with E-state index in [0.717, 1.165) is 34.5 Å². The lowest BCUT2D eigenvalue weighted by molar-refractivity contribution is -0.122. The lowest BCUT2D eigenvalue weighted by atomic mass is 10.1. The Balaban J connectivity index is 1.76. The molecule has 4 nitrogen and oxygen atoms in total. The van der Waals surface area contributed by atoms with Gasteiger partial charge >= 0.3 is 0 Å². The Bertz CT molecular complexity index is 813. The van der Waals surface area contributed by atoms with Crippen LogP contribution in [0.5, 0.6) is 0 Å². The topological polar surface area (TPSA) is 49.4 Å². The van der Waals surface area contributed by atoms with Gasteiger partial charge in [0.15, 0.2) is 0 Å². The van der Waals surface area contributed by atoms with E-state index in [1.54, 1.807) is 4.90 Å². The van der Waals surface area contributed by atoms with E-state index >= 15 is 0 Å². The molecule has 0 unspecified atom stereocenters. The number of para-hydroxylation sites is 1. The number of rotatable bonds is 4. The summed E-state index contributed by atoms with van der Waals surface area (Å²) in [6, 6.07) is 13.9. The molecule has 25 heavy (non-hydrogen) atoms. The number of anilines is 2. The quantitative estimate of drug-likeness (QED) is 0.922. The van der Waals surface area contributed by atoms with Gasteiger partial charge in [0.25, 0.3) is 0 Å². The third kappa shape index (κ3) is 3.58. The summed E-state index contributed by atoms with van der Waals surface area (Å²) in [5.41, 5.74) is 5.02. The van der Waals surface area contributed by atoms with Crippen molar-refractivity contribution in [3.63, 3.8) is 0 Å². The molecule has 1 aliphatic heterocycles. The second kappa shape index (κ2) is 7.09. The summed E-state index contributed by atoms with van der Waals surface area (Å²) in [6.07, 6.45) is 1.11. The highest BCUT2D eigenvalue weighted by Crippen LogP contribution is 2.29. The Morgan fingerprint density at radius 1 is 1.20 bits per heavy atom. The van der Waals surface area contributed by atoms with Crippen molar-refractivity contribution in [2.24, 2.45) is 5.92 Å². The van der Waals surface area contributed by atoms with Gasteiger partial charge in [-0.15, -0.1) is 0 Å². The molecule has 3 rings (SSSR count). The predicted molar refractivity (Wildman–Crippen MR) is 101 cm³/mol. The van der Waals surface area contributed by atoms with E-state index in [4.69, 9.17) is 0 Å². The van der Waals surface area contributed by atoms with Gasteiger partial charge in [-0.1, -0.05) is 37.3 Å². The number of carbonyl (C=O) groups excluding carboxylic acids is 2. The van der Waals surface area contributed by atoms with Gasteiger partial charge in [-0.05, 0) is 49.1 Å². The van der Waals surface area contributed by atoms with Gasteiger partial charge in [0.1, 0.15) is 0 Å². The van der Waals surface area contributed by atoms with E-state index in [9.17, 15) is 9.59 Å². The van der Waals surface area contributed by atoms with E-state index < -0.39 is 0 Å². The fraction of sp³-hybridized carbons (Fsp3) is 0.333. The van der Waals surface area contributed by atoms with Crippen LogP contribution in [0.4, 0.5) is 11.4 Å². The molecule has 0 spiro atoms. The van der Waals surface area contributed by atoms with Gasteiger partial charge in [-0.3, -0.25) is 9.59 Å². The molecule has 0 aromatic heterocycles. The maximum Gasteiger partial charge on any atom is 0.229 e. The van der Waals surface area contributed by atoms with Crippen LogP contribution in [0.3, 0.4) is 0 Å². The Hall–Kier alpha value is -2.62. The van der Waals surface area contributed by atoms with Crippen LogP contribution in [0.2, 0.25) is 0 Å². The summed E-state index contributed by atoms with van der Waals surface area (Å²) < 4.78 is 0. The van der Waals surface area contributed by atoms with Crippen LogP contribution >= 0.6 is 0 Å². The van der Waals surface area contributed by atoms with E-state index in [-0.39, 0.29) is 24.2 Å². The second-order valence-electron chi connectivity index (χ2n) is 6.70. The van der Waals surface area contributed by atoms with E-state index in [0.29, 0.717) is 6.54 Å². The molecule has 1 atom stereocenters. The van der Waals surface area contributed by atoms with Crippen LogP contribution in [-0.4, -0.2) is 18.4 Å². The number of hydrogen-bond donors (Lipinski definition) is 1. The van der Waals surface area contributed by atoms with E-state index in [2.05, 4.69) is 12.2 Å². The van der Waals surface area contributed by atoms with Gasteiger partial charge in [-0.25, -0.2) is 0 Å². The molecule has 0 bridgehead atoms. The first-order chi connectivity index (χ1) is 12.0. The molecule has 2 aromatic rings. The smallest absolute Gasteiger partial charge is 0.229 e. The van der Waals surface area contributed by atoms with Crippen molar-refractivity contribution in [1.82, 2.24) is 0 Å². The Morgan fingerprint density at radius 3 is 2.72 bits per heavy atom. The normalized spacial score (nSPS) is 17.0. The van der Waals surface area contributed by atoms with E-state index in [1.807, 2.05) is 56.3 Å². The van der Waals surface area contributed by atoms with Gasteiger partial charge < -0.3 is 10.2 Å². The van der Waals surface area contributed by atoms with Gasteiger partial charge in [0, 0.05) is 24.3 Å². The summed E-state index contributed by atoms with van der Waals surface area (Å²) >= 11 is 0. The lowest BCUT2D eigenvalue weighted by Gasteiger charge is -2.20. The highest BCUT2D eigenvalue weighted by Gasteiger charge is 2.35. The second-order valence-corrected chi connectivity index (χ2v) is 6.70. The number of hydrogen-bond acceptors (Lipinski definition) is 2. The van der Waals surface area contributed by atoms with Crippen molar-refractivity contribution >= 4 is 23.2 Å². The van der Waals surface area contributed by atoms with Crippen LogP contribution in [0.1, 0.15) is 30.0 Å². The first-order valence-electron chi connectivity index (χ1n) is 8.76. The predicted octanol–water partition coefficient (Wildman–Crippen LogP) is 3.86. The van der Waals surface area contributed by atoms with Crippen LogP contribution in [0.15, 0.2) is 42.5 Å². The van der Waals surface area contributed by atoms with Crippen molar-refractivity contribution < 1.29 is 9.59 Å². The molecule has 130 valence electrons. The molecule has 1 saturated heterocycles. The van der Waals surface area contributed by atoms with Gasteiger partial charge in [0.2, 0.25) is 11.8 Å². The minimum atomic E-state index is -0.322. The molecule has 0 aliphatic carbocycles. The Morgan fingerprint density at radius 2 is 1.96 bits per heavy atom. The molecule has 0 saturated carbocycles. The van der Waals surface area contributed by atoms with Crippen molar-refractivity contribution in [2.45, 2.75) is 33.6 Å². The molecule has 1 heterocycles. The molecule has 1 fully saturated rings. The van der Waals surface area contributed by atoms with Crippen molar-refractivity contribution in [3.05, 3.63) is 59.2 Å². The van der Waals surface area contributed by atoms with Gasteiger partial charge in [-0.2, -0.15) is 0 Å². The average molecular weight is 336 g/mol. The minimum absolute atomic E-state index is 0.0117. The highest BCUT2D eigenvalue weighted by atomic mass is 16.2. The minimum Gasteiger partial charge on any atom is -0.326 e. The largest absolute Gasteiger partial charge is 0.326 e. The molecular formula is C21H24N2O2. The highest BCUT2D eigenvalue weighted by molar-refractivity contribution is 6.04. The number of benzene rings is 2. The van der Waals surface area contributed by atoms with Crippen molar-refractivity contribution in [1.29, 1.82) is 0 Å². The number of nitrogens with one attached hydrogen (secondary N) is 1. The third-order valence-electron chi connectivity index (χ3n) is 4.81. The molecule has 1 N–H and O–H groups in total.